The van der Waals surface area contributed by atoms with Crippen molar-refractivity contribution in [2.24, 2.45) is 5.73 Å². The number of hydrogen-bond acceptors (Lipinski definition) is 3. The molecule has 0 unspecified atom stereocenters. The SMILES string of the molecule is NC(=O)c1cc(NCCc2ccccc2F)ccn1. The van der Waals surface area contributed by atoms with E-state index in [0.717, 1.165) is 5.69 Å². The summed E-state index contributed by atoms with van der Waals surface area (Å²) in [6.07, 6.45) is 2.06. The molecule has 5 heteroatoms. The van der Waals surface area contributed by atoms with Crippen LogP contribution in [-0.4, -0.2) is 17.4 Å². The molecule has 4 nitrogen and oxygen atoms in total. The Hall–Kier alpha value is -2.43. The molecule has 1 heterocycles. The molecule has 1 aromatic carbocycles. The molecule has 0 bridgehead atoms. The van der Waals surface area contributed by atoms with Gasteiger partial charge >= 0.3 is 0 Å². The predicted octanol–water partition coefficient (Wildman–Crippen LogP) is 1.97. The molecule has 0 spiro atoms. The minimum atomic E-state index is -0.572. The van der Waals surface area contributed by atoms with Gasteiger partial charge in [0.15, 0.2) is 0 Å². The van der Waals surface area contributed by atoms with Gasteiger partial charge in [0, 0.05) is 18.4 Å². The Morgan fingerprint density at radius 1 is 1.32 bits per heavy atom. The first-order valence-corrected chi connectivity index (χ1v) is 5.90. The Balaban J connectivity index is 1.94. The van der Waals surface area contributed by atoms with Crippen LogP contribution in [0.2, 0.25) is 0 Å². The number of benzene rings is 1. The third-order valence-corrected chi connectivity index (χ3v) is 2.69. The molecule has 2 aromatic rings. The second kappa shape index (κ2) is 5.95. The molecule has 0 atom stereocenters. The first kappa shape index (κ1) is 13.0. The van der Waals surface area contributed by atoms with Gasteiger partial charge in [-0.1, -0.05) is 18.2 Å². The van der Waals surface area contributed by atoms with Crippen LogP contribution >= 0.6 is 0 Å². The van der Waals surface area contributed by atoms with E-state index in [0.29, 0.717) is 18.5 Å². The molecule has 0 saturated carbocycles. The zero-order chi connectivity index (χ0) is 13.7. The monoisotopic (exact) mass is 259 g/mol. The van der Waals surface area contributed by atoms with Gasteiger partial charge < -0.3 is 11.1 Å². The first-order chi connectivity index (χ1) is 9.16. The maximum absolute atomic E-state index is 13.4. The number of rotatable bonds is 5. The van der Waals surface area contributed by atoms with Crippen LogP contribution in [0, 0.1) is 5.82 Å². The molecule has 3 N–H and O–H groups in total. The van der Waals surface area contributed by atoms with Gasteiger partial charge in [0.1, 0.15) is 11.5 Å². The quantitative estimate of drug-likeness (QED) is 0.862. The fourth-order valence-electron chi connectivity index (χ4n) is 1.72. The molecule has 1 amide bonds. The van der Waals surface area contributed by atoms with Gasteiger partial charge in [-0.3, -0.25) is 9.78 Å². The van der Waals surface area contributed by atoms with Crippen molar-refractivity contribution in [3.05, 3.63) is 59.7 Å². The van der Waals surface area contributed by atoms with Gasteiger partial charge in [-0.2, -0.15) is 0 Å². The number of amides is 1. The van der Waals surface area contributed by atoms with Crippen LogP contribution in [0.15, 0.2) is 42.6 Å². The number of pyridine rings is 1. The maximum atomic E-state index is 13.4. The lowest BCUT2D eigenvalue weighted by Gasteiger charge is -2.07. The molecule has 98 valence electrons. The zero-order valence-corrected chi connectivity index (χ0v) is 10.3. The van der Waals surface area contributed by atoms with Gasteiger partial charge in [0.25, 0.3) is 5.91 Å². The Morgan fingerprint density at radius 3 is 2.84 bits per heavy atom. The van der Waals surface area contributed by atoms with Crippen molar-refractivity contribution in [2.45, 2.75) is 6.42 Å². The first-order valence-electron chi connectivity index (χ1n) is 5.90. The van der Waals surface area contributed by atoms with Crippen molar-refractivity contribution >= 4 is 11.6 Å². The summed E-state index contributed by atoms with van der Waals surface area (Å²) in [6.45, 7) is 0.559. The maximum Gasteiger partial charge on any atom is 0.267 e. The Bertz CT molecular complexity index is 586. The standard InChI is InChI=1S/C14H14FN3O/c15-12-4-2-1-3-10(12)5-7-17-11-6-8-18-13(9-11)14(16)19/h1-4,6,8-9H,5,7H2,(H2,16,19)(H,17,18). The summed E-state index contributed by atoms with van der Waals surface area (Å²) in [7, 11) is 0. The average Bonchev–Trinajstić information content (AvgIpc) is 2.41. The van der Waals surface area contributed by atoms with Gasteiger partial charge in [-0.25, -0.2) is 4.39 Å². The topological polar surface area (TPSA) is 68.0 Å². The van der Waals surface area contributed by atoms with Crippen LogP contribution in [0.3, 0.4) is 0 Å². The van der Waals surface area contributed by atoms with E-state index in [-0.39, 0.29) is 11.5 Å². The summed E-state index contributed by atoms with van der Waals surface area (Å²) in [5, 5.41) is 3.10. The second-order valence-corrected chi connectivity index (χ2v) is 4.06. The van der Waals surface area contributed by atoms with E-state index in [1.165, 1.54) is 12.3 Å². The molecule has 2 rings (SSSR count). The molecule has 0 saturated heterocycles. The minimum absolute atomic E-state index is 0.205. The highest BCUT2D eigenvalue weighted by Gasteiger charge is 2.03. The van der Waals surface area contributed by atoms with E-state index in [1.807, 2.05) is 0 Å². The molecule has 0 radical (unpaired) electrons. The largest absolute Gasteiger partial charge is 0.385 e. The van der Waals surface area contributed by atoms with Gasteiger partial charge in [-0.05, 0) is 30.2 Å². The smallest absolute Gasteiger partial charge is 0.267 e. The van der Waals surface area contributed by atoms with Gasteiger partial charge in [0.05, 0.1) is 0 Å². The highest BCUT2D eigenvalue weighted by atomic mass is 19.1. The van der Waals surface area contributed by atoms with Crippen LogP contribution in [0.25, 0.3) is 0 Å². The highest BCUT2D eigenvalue weighted by Crippen LogP contribution is 2.10. The lowest BCUT2D eigenvalue weighted by Crippen LogP contribution is -2.14. The molecular formula is C14H14FN3O. The molecule has 1 aromatic heterocycles. The molecule has 0 aliphatic rings. The normalized spacial score (nSPS) is 10.2. The third-order valence-electron chi connectivity index (χ3n) is 2.69. The van der Waals surface area contributed by atoms with E-state index in [9.17, 15) is 9.18 Å². The number of nitrogens with one attached hydrogen (secondary N) is 1. The molecule has 19 heavy (non-hydrogen) atoms. The number of carbonyl (C=O) groups excluding carboxylic acids is 1. The molecule has 0 aliphatic heterocycles. The zero-order valence-electron chi connectivity index (χ0n) is 10.3. The third kappa shape index (κ3) is 3.51. The summed E-state index contributed by atoms with van der Waals surface area (Å²) in [4.78, 5) is 14.8. The van der Waals surface area contributed by atoms with Crippen molar-refractivity contribution in [3.8, 4) is 0 Å². The fraction of sp³-hybridized carbons (Fsp3) is 0.143. The molecular weight excluding hydrogens is 245 g/mol. The number of nitrogens with two attached hydrogens (primary N) is 1. The van der Waals surface area contributed by atoms with E-state index in [2.05, 4.69) is 10.3 Å². The summed E-state index contributed by atoms with van der Waals surface area (Å²) in [5.74, 6) is -0.783. The van der Waals surface area contributed by atoms with Crippen molar-refractivity contribution in [3.63, 3.8) is 0 Å². The highest BCUT2D eigenvalue weighted by molar-refractivity contribution is 5.91. The Morgan fingerprint density at radius 2 is 2.11 bits per heavy atom. The number of carbonyl (C=O) groups is 1. The molecule has 0 fully saturated rings. The lowest BCUT2D eigenvalue weighted by molar-refractivity contribution is 0.0995. The number of primary amides is 1. The van der Waals surface area contributed by atoms with Crippen molar-refractivity contribution in [2.75, 3.05) is 11.9 Å². The summed E-state index contributed by atoms with van der Waals surface area (Å²) in [6, 6.07) is 9.95. The number of aromatic nitrogens is 1. The van der Waals surface area contributed by atoms with Crippen molar-refractivity contribution in [1.29, 1.82) is 0 Å². The van der Waals surface area contributed by atoms with Crippen LogP contribution < -0.4 is 11.1 Å². The number of halogens is 1. The Kier molecular flexibility index (Phi) is 4.07. The van der Waals surface area contributed by atoms with Crippen LogP contribution in [0.4, 0.5) is 10.1 Å². The van der Waals surface area contributed by atoms with Crippen LogP contribution in [-0.2, 0) is 6.42 Å². The van der Waals surface area contributed by atoms with Crippen molar-refractivity contribution in [1.82, 2.24) is 4.98 Å². The van der Waals surface area contributed by atoms with Gasteiger partial charge in [-0.15, -0.1) is 0 Å². The Labute approximate surface area is 110 Å². The van der Waals surface area contributed by atoms with Gasteiger partial charge in [0.2, 0.25) is 0 Å². The van der Waals surface area contributed by atoms with E-state index < -0.39 is 5.91 Å². The number of nitrogens with zero attached hydrogens (tertiary/aromatic N) is 1. The number of hydrogen-bond donors (Lipinski definition) is 2. The fourth-order valence-corrected chi connectivity index (χ4v) is 1.72. The molecule has 0 aliphatic carbocycles. The second-order valence-electron chi connectivity index (χ2n) is 4.06. The van der Waals surface area contributed by atoms with Crippen molar-refractivity contribution < 1.29 is 9.18 Å². The van der Waals surface area contributed by atoms with E-state index in [4.69, 9.17) is 5.73 Å². The number of anilines is 1. The van der Waals surface area contributed by atoms with E-state index >= 15 is 0 Å². The minimum Gasteiger partial charge on any atom is -0.385 e. The lowest BCUT2D eigenvalue weighted by atomic mass is 10.1. The average molecular weight is 259 g/mol. The summed E-state index contributed by atoms with van der Waals surface area (Å²) >= 11 is 0. The van der Waals surface area contributed by atoms with E-state index in [1.54, 1.807) is 30.3 Å². The summed E-state index contributed by atoms with van der Waals surface area (Å²) in [5.41, 5.74) is 6.74. The predicted molar refractivity (Wildman–Crippen MR) is 71.3 cm³/mol. The summed E-state index contributed by atoms with van der Waals surface area (Å²) < 4.78 is 13.4. The van der Waals surface area contributed by atoms with Crippen LogP contribution in [0.5, 0.6) is 0 Å². The van der Waals surface area contributed by atoms with Crippen LogP contribution in [0.1, 0.15) is 16.1 Å².